The topological polar surface area (TPSA) is 67.2 Å². The zero-order chi connectivity index (χ0) is 12.0. The monoisotopic (exact) mass is 305 g/mol. The van der Waals surface area contributed by atoms with Crippen LogP contribution in [0.5, 0.6) is 0 Å². The number of nitrogens with one attached hydrogen (secondary N) is 2. The van der Waals surface area contributed by atoms with E-state index in [1.165, 1.54) is 0 Å². The summed E-state index contributed by atoms with van der Waals surface area (Å²) in [5, 5.41) is 6.37. The highest BCUT2D eigenvalue weighted by molar-refractivity contribution is 9.10. The van der Waals surface area contributed by atoms with E-state index in [0.29, 0.717) is 24.7 Å². The van der Waals surface area contributed by atoms with Crippen LogP contribution in [0.2, 0.25) is 5.02 Å². The largest absolute Gasteiger partial charge is 0.352 e. The van der Waals surface area contributed by atoms with Crippen molar-refractivity contribution < 1.29 is 4.79 Å². The molecule has 1 aromatic carbocycles. The number of benzene rings is 1. The molecule has 4 N–H and O–H groups in total. The Bertz CT molecular complexity index is 373. The summed E-state index contributed by atoms with van der Waals surface area (Å²) in [7, 11) is 0. The Hall–Kier alpha value is -0.780. The Balaban J connectivity index is 2.29. The van der Waals surface area contributed by atoms with E-state index in [-0.39, 0.29) is 0 Å². The maximum Gasteiger partial charge on any atom is 0.312 e. The van der Waals surface area contributed by atoms with Crippen LogP contribution in [0.3, 0.4) is 0 Å². The van der Waals surface area contributed by atoms with Crippen LogP contribution >= 0.6 is 27.5 Å². The van der Waals surface area contributed by atoms with Gasteiger partial charge in [0.2, 0.25) is 0 Å². The van der Waals surface area contributed by atoms with Gasteiger partial charge in [-0.2, -0.15) is 0 Å². The summed E-state index contributed by atoms with van der Waals surface area (Å²) in [4.78, 5) is 10.4. The van der Waals surface area contributed by atoms with Crippen molar-refractivity contribution in [2.24, 2.45) is 5.73 Å². The van der Waals surface area contributed by atoms with Gasteiger partial charge in [0, 0.05) is 29.1 Å². The van der Waals surface area contributed by atoms with Crippen molar-refractivity contribution in [3.05, 3.63) is 33.3 Å². The van der Waals surface area contributed by atoms with E-state index in [9.17, 15) is 4.79 Å². The average Bonchev–Trinajstić information content (AvgIpc) is 2.20. The number of nitrogens with two attached hydrogens (primary N) is 1. The van der Waals surface area contributed by atoms with E-state index in [4.69, 9.17) is 17.3 Å². The van der Waals surface area contributed by atoms with Gasteiger partial charge in [0.15, 0.2) is 0 Å². The summed E-state index contributed by atoms with van der Waals surface area (Å²) in [6.45, 7) is 1.89. The van der Waals surface area contributed by atoms with Crippen LogP contribution in [-0.2, 0) is 6.54 Å². The molecule has 1 aromatic rings. The fourth-order valence-corrected chi connectivity index (χ4v) is 1.99. The molecule has 0 aliphatic heterocycles. The van der Waals surface area contributed by atoms with E-state index >= 15 is 0 Å². The highest BCUT2D eigenvalue weighted by Gasteiger charge is 2.00. The number of hydrogen-bond donors (Lipinski definition) is 3. The number of carbonyl (C=O) groups is 1. The zero-order valence-corrected chi connectivity index (χ0v) is 10.9. The van der Waals surface area contributed by atoms with E-state index in [0.717, 1.165) is 10.0 Å². The summed E-state index contributed by atoms with van der Waals surface area (Å²) in [6.07, 6.45) is 0. The number of urea groups is 1. The Morgan fingerprint density at radius 2 is 2.19 bits per heavy atom. The van der Waals surface area contributed by atoms with Gasteiger partial charge < -0.3 is 16.4 Å². The van der Waals surface area contributed by atoms with Crippen LogP contribution in [0.1, 0.15) is 5.56 Å². The van der Waals surface area contributed by atoms with Crippen molar-refractivity contribution in [3.63, 3.8) is 0 Å². The van der Waals surface area contributed by atoms with Crippen molar-refractivity contribution in [2.45, 2.75) is 6.54 Å². The highest BCUT2D eigenvalue weighted by Crippen LogP contribution is 2.21. The van der Waals surface area contributed by atoms with E-state index < -0.39 is 6.03 Å². The molecule has 6 heteroatoms. The van der Waals surface area contributed by atoms with Crippen molar-refractivity contribution >= 4 is 33.6 Å². The molecule has 1 rings (SSSR count). The van der Waals surface area contributed by atoms with Crippen molar-refractivity contribution in [1.82, 2.24) is 10.6 Å². The standard InChI is InChI=1S/C10H13BrClN3O/c11-9-5-8(12)2-1-7(9)6-14-3-4-15-10(13)16/h1-2,5,14H,3-4,6H2,(H3,13,15,16). The van der Waals surface area contributed by atoms with Crippen molar-refractivity contribution in [1.29, 1.82) is 0 Å². The molecule has 4 nitrogen and oxygen atoms in total. The first-order chi connectivity index (χ1) is 7.59. The molecule has 0 bridgehead atoms. The zero-order valence-electron chi connectivity index (χ0n) is 8.59. The van der Waals surface area contributed by atoms with Crippen LogP contribution < -0.4 is 16.4 Å². The number of hydrogen-bond acceptors (Lipinski definition) is 2. The molecule has 0 aromatic heterocycles. The third-order valence-corrected chi connectivity index (χ3v) is 2.90. The average molecular weight is 307 g/mol. The summed E-state index contributed by atoms with van der Waals surface area (Å²) in [5.41, 5.74) is 6.04. The number of primary amides is 1. The molecule has 16 heavy (non-hydrogen) atoms. The summed E-state index contributed by atoms with van der Waals surface area (Å²) in [5.74, 6) is 0. The van der Waals surface area contributed by atoms with Gasteiger partial charge in [0.05, 0.1) is 0 Å². The lowest BCUT2D eigenvalue weighted by atomic mass is 10.2. The number of amides is 2. The van der Waals surface area contributed by atoms with E-state index in [1.54, 1.807) is 0 Å². The molecule has 0 radical (unpaired) electrons. The molecular weight excluding hydrogens is 293 g/mol. The molecule has 0 saturated carbocycles. The van der Waals surface area contributed by atoms with E-state index in [1.807, 2.05) is 18.2 Å². The third-order valence-electron chi connectivity index (χ3n) is 1.93. The Labute approximate surface area is 108 Å². The van der Waals surface area contributed by atoms with Gasteiger partial charge >= 0.3 is 6.03 Å². The normalized spacial score (nSPS) is 10.1. The molecule has 0 atom stereocenters. The smallest absolute Gasteiger partial charge is 0.312 e. The van der Waals surface area contributed by atoms with Crippen LogP contribution in [0, 0.1) is 0 Å². The second kappa shape index (κ2) is 6.73. The Morgan fingerprint density at radius 1 is 1.44 bits per heavy atom. The molecule has 0 saturated heterocycles. The predicted octanol–water partition coefficient (Wildman–Crippen LogP) is 1.86. The Morgan fingerprint density at radius 3 is 2.81 bits per heavy atom. The number of rotatable bonds is 5. The summed E-state index contributed by atoms with van der Waals surface area (Å²) >= 11 is 9.25. The fourth-order valence-electron chi connectivity index (χ4n) is 1.16. The number of halogens is 2. The first kappa shape index (κ1) is 13.3. The minimum Gasteiger partial charge on any atom is -0.352 e. The molecule has 0 aliphatic carbocycles. The van der Waals surface area contributed by atoms with Gasteiger partial charge in [-0.05, 0) is 17.7 Å². The van der Waals surface area contributed by atoms with Crippen LogP contribution in [-0.4, -0.2) is 19.1 Å². The quantitative estimate of drug-likeness (QED) is 0.727. The van der Waals surface area contributed by atoms with Gasteiger partial charge in [0.25, 0.3) is 0 Å². The maximum atomic E-state index is 10.4. The van der Waals surface area contributed by atoms with Crippen molar-refractivity contribution in [3.8, 4) is 0 Å². The van der Waals surface area contributed by atoms with Gasteiger partial charge in [0.1, 0.15) is 0 Å². The lowest BCUT2D eigenvalue weighted by Gasteiger charge is -2.07. The first-order valence-corrected chi connectivity index (χ1v) is 5.94. The molecule has 0 aliphatic rings. The van der Waals surface area contributed by atoms with Crippen LogP contribution in [0.15, 0.2) is 22.7 Å². The Kier molecular flexibility index (Phi) is 5.59. The minimum absolute atomic E-state index is 0.505. The molecule has 0 spiro atoms. The van der Waals surface area contributed by atoms with Gasteiger partial charge in [-0.1, -0.05) is 33.6 Å². The van der Waals surface area contributed by atoms with E-state index in [2.05, 4.69) is 26.6 Å². The summed E-state index contributed by atoms with van der Waals surface area (Å²) in [6, 6.07) is 5.13. The lowest BCUT2D eigenvalue weighted by Crippen LogP contribution is -2.35. The molecule has 0 fully saturated rings. The minimum atomic E-state index is -0.505. The fraction of sp³-hybridized carbons (Fsp3) is 0.300. The van der Waals surface area contributed by atoms with Gasteiger partial charge in [-0.15, -0.1) is 0 Å². The van der Waals surface area contributed by atoms with Crippen molar-refractivity contribution in [2.75, 3.05) is 13.1 Å². The predicted molar refractivity (Wildman–Crippen MR) is 68.4 cm³/mol. The third kappa shape index (κ3) is 4.83. The molecule has 0 unspecified atom stereocenters. The molecule has 88 valence electrons. The second-order valence-electron chi connectivity index (χ2n) is 3.20. The second-order valence-corrected chi connectivity index (χ2v) is 4.49. The van der Waals surface area contributed by atoms with Gasteiger partial charge in [-0.25, -0.2) is 4.79 Å². The van der Waals surface area contributed by atoms with Gasteiger partial charge in [-0.3, -0.25) is 0 Å². The first-order valence-electron chi connectivity index (χ1n) is 4.77. The SMILES string of the molecule is NC(=O)NCCNCc1ccc(Cl)cc1Br. The van der Waals surface area contributed by atoms with Crippen LogP contribution in [0.25, 0.3) is 0 Å². The highest BCUT2D eigenvalue weighted by atomic mass is 79.9. The maximum absolute atomic E-state index is 10.4. The molecule has 2 amide bonds. The van der Waals surface area contributed by atoms with Crippen LogP contribution in [0.4, 0.5) is 4.79 Å². The number of carbonyl (C=O) groups excluding carboxylic acids is 1. The molecule has 0 heterocycles. The summed E-state index contributed by atoms with van der Waals surface area (Å²) < 4.78 is 0.968. The molecular formula is C10H13BrClN3O. The lowest BCUT2D eigenvalue weighted by molar-refractivity contribution is 0.249.